The van der Waals surface area contributed by atoms with Crippen LogP contribution in [-0.2, 0) is 14.4 Å². The molecule has 8 N–H and O–H groups in total. The van der Waals surface area contributed by atoms with Crippen molar-refractivity contribution in [1.82, 2.24) is 0 Å². The average Bonchev–Trinajstić information content (AvgIpc) is 2.22. The molecule has 0 aliphatic carbocycles. The molecule has 0 spiro atoms. The molecule has 0 saturated heterocycles. The fourth-order valence-electron chi connectivity index (χ4n) is 0.385. The Kier molecular flexibility index (Phi) is 12.0. The second-order valence-electron chi connectivity index (χ2n) is 3.07. The van der Waals surface area contributed by atoms with Crippen molar-refractivity contribution in [1.29, 1.82) is 0 Å². The fraction of sp³-hybridized carbons (Fsp3) is 0.625. The zero-order chi connectivity index (χ0) is 14.7. The van der Waals surface area contributed by atoms with E-state index in [1.165, 1.54) is 28.5 Å². The van der Waals surface area contributed by atoms with Gasteiger partial charge in [-0.15, -0.1) is 0 Å². The number of carbonyl (C=O) groups is 3. The maximum absolute atomic E-state index is 10.3. The Hall–Kier alpha value is -0.970. The maximum atomic E-state index is 10.3. The van der Waals surface area contributed by atoms with Gasteiger partial charge in [-0.05, 0) is 0 Å². The Morgan fingerprint density at radius 1 is 1.00 bits per heavy atom. The number of hydrogen-bond acceptors (Lipinski definition) is 7. The van der Waals surface area contributed by atoms with Crippen LogP contribution in [0.5, 0.6) is 0 Å². The molecular weight excluding hydrogens is 282 g/mol. The zero-order valence-corrected chi connectivity index (χ0v) is 11.4. The van der Waals surface area contributed by atoms with Gasteiger partial charge in [-0.1, -0.05) is 21.6 Å². The lowest BCUT2D eigenvalue weighted by Crippen LogP contribution is -2.33. The zero-order valence-electron chi connectivity index (χ0n) is 9.74. The predicted octanol–water partition coefficient (Wildman–Crippen LogP) is -1.32. The van der Waals surface area contributed by atoms with Crippen LogP contribution < -0.4 is 17.2 Å². The monoisotopic (exact) mass is 299 g/mol. The Balaban J connectivity index is 0. The summed E-state index contributed by atoms with van der Waals surface area (Å²) in [7, 11) is 2.41. The first-order valence-electron chi connectivity index (χ1n) is 4.65. The van der Waals surface area contributed by atoms with Crippen molar-refractivity contribution in [2.45, 2.75) is 19.0 Å². The van der Waals surface area contributed by atoms with Gasteiger partial charge in [-0.25, -0.2) is 0 Å². The third kappa shape index (κ3) is 15.0. The summed E-state index contributed by atoms with van der Waals surface area (Å²) in [4.78, 5) is 29.8. The topological polar surface area (TPSA) is 170 Å². The highest BCUT2D eigenvalue weighted by Crippen LogP contribution is 2.22. The van der Waals surface area contributed by atoms with E-state index in [4.69, 9.17) is 21.7 Å². The van der Waals surface area contributed by atoms with E-state index in [-0.39, 0.29) is 17.4 Å². The molecule has 0 bridgehead atoms. The molecule has 0 rings (SSSR count). The Morgan fingerprint density at radius 2 is 1.22 bits per heavy atom. The molecule has 8 nitrogen and oxygen atoms in total. The van der Waals surface area contributed by atoms with Crippen LogP contribution in [0.1, 0.15) is 6.92 Å². The largest absolute Gasteiger partial charge is 0.480 e. The summed E-state index contributed by atoms with van der Waals surface area (Å²) in [5.41, 5.74) is 14.9. The number of carboxylic acids is 2. The van der Waals surface area contributed by atoms with Gasteiger partial charge in [-0.2, -0.15) is 0 Å². The van der Waals surface area contributed by atoms with Gasteiger partial charge < -0.3 is 27.4 Å². The highest BCUT2D eigenvalue weighted by Gasteiger charge is 2.14. The quantitative estimate of drug-likeness (QED) is 0.282. The number of nitrogens with two attached hydrogens (primary N) is 3. The summed E-state index contributed by atoms with van der Waals surface area (Å²) in [5, 5.41) is 16.8. The molecule has 10 heteroatoms. The van der Waals surface area contributed by atoms with Gasteiger partial charge in [0.2, 0.25) is 5.91 Å². The summed E-state index contributed by atoms with van der Waals surface area (Å²) < 4.78 is 0. The molecule has 0 radical (unpaired) electrons. The number of aliphatic carboxylic acids is 2. The van der Waals surface area contributed by atoms with Crippen LogP contribution in [-0.4, -0.2) is 51.6 Å². The van der Waals surface area contributed by atoms with Crippen molar-refractivity contribution in [3.05, 3.63) is 0 Å². The van der Waals surface area contributed by atoms with Crippen molar-refractivity contribution < 1.29 is 24.6 Å². The van der Waals surface area contributed by atoms with Crippen molar-refractivity contribution in [2.24, 2.45) is 17.2 Å². The second kappa shape index (κ2) is 11.1. The molecule has 0 saturated carbocycles. The number of carbonyl (C=O) groups excluding carboxylic acids is 1. The molecule has 106 valence electrons. The molecule has 18 heavy (non-hydrogen) atoms. The fourth-order valence-corrected chi connectivity index (χ4v) is 2.61. The minimum atomic E-state index is -1.07. The summed E-state index contributed by atoms with van der Waals surface area (Å²) in [6.07, 6.45) is 0. The van der Waals surface area contributed by atoms with Gasteiger partial charge in [0.15, 0.2) is 0 Å². The third-order valence-electron chi connectivity index (χ3n) is 1.21. The summed E-state index contributed by atoms with van der Waals surface area (Å²) in [6.45, 7) is 1.31. The van der Waals surface area contributed by atoms with E-state index in [2.05, 4.69) is 5.73 Å². The molecule has 2 atom stereocenters. The molecule has 1 amide bonds. The first-order chi connectivity index (χ1) is 8.18. The standard InChI is InChI=1S/C6H12N2O4S2.C2H5NO/c7-3(5(9)10)1-13-14-2-4(8)6(11)12;1-2(3)4/h3-4H,1-2,7-8H2,(H,9,10)(H,11,12);1H3,(H2,3,4). The van der Waals surface area contributed by atoms with Crippen LogP contribution in [0.4, 0.5) is 0 Å². The lowest BCUT2D eigenvalue weighted by atomic mass is 10.4. The van der Waals surface area contributed by atoms with Crippen LogP contribution in [0.3, 0.4) is 0 Å². The predicted molar refractivity (Wildman–Crippen MR) is 71.0 cm³/mol. The molecule has 0 aliphatic rings. The van der Waals surface area contributed by atoms with E-state index in [1.54, 1.807) is 0 Å². The third-order valence-corrected chi connectivity index (χ3v) is 3.69. The molecule has 0 aromatic carbocycles. The maximum Gasteiger partial charge on any atom is 0.321 e. The molecule has 0 fully saturated rings. The van der Waals surface area contributed by atoms with Crippen molar-refractivity contribution in [3.63, 3.8) is 0 Å². The van der Waals surface area contributed by atoms with E-state index in [9.17, 15) is 14.4 Å². The van der Waals surface area contributed by atoms with Crippen LogP contribution in [0.15, 0.2) is 0 Å². The molecular formula is C8H17N3O5S2. The lowest BCUT2D eigenvalue weighted by Gasteiger charge is -2.07. The first-order valence-corrected chi connectivity index (χ1v) is 7.14. The van der Waals surface area contributed by atoms with E-state index >= 15 is 0 Å². The summed E-state index contributed by atoms with van der Waals surface area (Å²) in [5.74, 6) is -2.01. The van der Waals surface area contributed by atoms with Crippen LogP contribution in [0.2, 0.25) is 0 Å². The van der Waals surface area contributed by atoms with Crippen LogP contribution in [0.25, 0.3) is 0 Å². The molecule has 0 aliphatic heterocycles. The number of carboxylic acid groups (broad SMARTS) is 2. The van der Waals surface area contributed by atoms with E-state index in [0.717, 1.165) is 0 Å². The normalized spacial score (nSPS) is 12.8. The Morgan fingerprint density at radius 3 is 1.39 bits per heavy atom. The average molecular weight is 299 g/mol. The van der Waals surface area contributed by atoms with Gasteiger partial charge in [-0.3, -0.25) is 14.4 Å². The van der Waals surface area contributed by atoms with Gasteiger partial charge in [0, 0.05) is 18.4 Å². The highest BCUT2D eigenvalue weighted by atomic mass is 33.1. The van der Waals surface area contributed by atoms with Crippen molar-refractivity contribution in [3.8, 4) is 0 Å². The molecule has 0 aromatic heterocycles. The van der Waals surface area contributed by atoms with E-state index in [1.807, 2.05) is 0 Å². The molecule has 2 unspecified atom stereocenters. The number of rotatable bonds is 7. The number of primary amides is 1. The smallest absolute Gasteiger partial charge is 0.321 e. The van der Waals surface area contributed by atoms with Crippen molar-refractivity contribution >= 4 is 39.4 Å². The molecule has 0 heterocycles. The van der Waals surface area contributed by atoms with Gasteiger partial charge in [0.05, 0.1) is 0 Å². The second-order valence-corrected chi connectivity index (χ2v) is 5.62. The Labute approximate surface area is 112 Å². The Bertz CT molecular complexity index is 264. The first kappa shape index (κ1) is 19.4. The minimum absolute atomic E-state index is 0.229. The highest BCUT2D eigenvalue weighted by molar-refractivity contribution is 8.76. The van der Waals surface area contributed by atoms with Crippen LogP contribution in [0, 0.1) is 0 Å². The van der Waals surface area contributed by atoms with Gasteiger partial charge in [0.1, 0.15) is 12.1 Å². The van der Waals surface area contributed by atoms with E-state index in [0.29, 0.717) is 0 Å². The summed E-state index contributed by atoms with van der Waals surface area (Å²) >= 11 is 0. The van der Waals surface area contributed by atoms with E-state index < -0.39 is 24.0 Å². The minimum Gasteiger partial charge on any atom is -0.480 e. The van der Waals surface area contributed by atoms with Gasteiger partial charge in [0.25, 0.3) is 0 Å². The SMILES string of the molecule is CC(N)=O.NC(CSSCC(N)C(=O)O)C(=O)O. The van der Waals surface area contributed by atoms with Crippen molar-refractivity contribution in [2.75, 3.05) is 11.5 Å². The lowest BCUT2D eigenvalue weighted by molar-refractivity contribution is -0.138. The molecule has 0 aromatic rings. The summed E-state index contributed by atoms with van der Waals surface area (Å²) in [6, 6.07) is -1.85. The van der Waals surface area contributed by atoms with Gasteiger partial charge >= 0.3 is 11.9 Å². The number of amides is 1. The number of hydrogen-bond donors (Lipinski definition) is 5. The van der Waals surface area contributed by atoms with Crippen LogP contribution >= 0.6 is 21.6 Å².